The van der Waals surface area contributed by atoms with E-state index in [9.17, 15) is 0 Å². The zero-order valence-electron chi connectivity index (χ0n) is 11.1. The molecule has 0 radical (unpaired) electrons. The maximum absolute atomic E-state index is 2.51. The lowest BCUT2D eigenvalue weighted by Gasteiger charge is -2.17. The van der Waals surface area contributed by atoms with E-state index < -0.39 is 7.26 Å². The molecule has 90 valence electrons. The van der Waals surface area contributed by atoms with Crippen molar-refractivity contribution in [2.24, 2.45) is 0 Å². The summed E-state index contributed by atoms with van der Waals surface area (Å²) >= 11 is 0. The van der Waals surface area contributed by atoms with Gasteiger partial charge in [-0.25, -0.2) is 0 Å². The largest absolute Gasteiger partial charge is 0.0884 e. The van der Waals surface area contributed by atoms with Gasteiger partial charge in [0.2, 0.25) is 0 Å². The van der Waals surface area contributed by atoms with E-state index in [2.05, 4.69) is 62.7 Å². The van der Waals surface area contributed by atoms with Crippen LogP contribution in [-0.4, -0.2) is 12.8 Å². The number of rotatable bonds is 2. The zero-order valence-corrected chi connectivity index (χ0v) is 12.0. The Bertz CT molecular complexity index is 439. The second-order valence-electron chi connectivity index (χ2n) is 5.45. The van der Waals surface area contributed by atoms with Crippen LogP contribution < -0.4 is 0 Å². The lowest BCUT2D eigenvalue weighted by molar-refractivity contribution is 1.21. The Hall–Kier alpha value is -0.870. The van der Waals surface area contributed by atoms with Crippen molar-refractivity contribution >= 4 is 7.26 Å². The summed E-state index contributed by atoms with van der Waals surface area (Å²) in [6, 6.07) is 9.03. The Morgan fingerprint density at radius 3 is 2.53 bits per heavy atom. The molecule has 1 heteroatoms. The van der Waals surface area contributed by atoms with E-state index in [-0.39, 0.29) is 0 Å². The predicted molar refractivity (Wildman–Crippen MR) is 80.1 cm³/mol. The van der Waals surface area contributed by atoms with Crippen molar-refractivity contribution in [3.05, 3.63) is 58.9 Å². The van der Waals surface area contributed by atoms with Gasteiger partial charge in [-0.15, -0.1) is 0 Å². The molecule has 1 heterocycles. The first kappa shape index (κ1) is 12.6. The van der Waals surface area contributed by atoms with Gasteiger partial charge in [-0.05, 0) is 38.0 Å². The molecule has 2 rings (SSSR count). The number of hydrogen-bond acceptors (Lipinski definition) is 0. The highest BCUT2D eigenvalue weighted by Crippen LogP contribution is 2.60. The molecule has 0 aliphatic carbocycles. The summed E-state index contributed by atoms with van der Waals surface area (Å²) in [5.74, 6) is 2.51. The molecule has 1 aromatic carbocycles. The minimum absolute atomic E-state index is 0.938. The molecule has 0 spiro atoms. The molecule has 17 heavy (non-hydrogen) atoms. The van der Waals surface area contributed by atoms with Crippen LogP contribution in [0.15, 0.2) is 47.8 Å². The third kappa shape index (κ3) is 3.54. The molecule has 1 aliphatic heterocycles. The van der Waals surface area contributed by atoms with Crippen LogP contribution in [-0.2, 0) is 6.16 Å². The molecule has 0 nitrogen and oxygen atoms in total. The first-order chi connectivity index (χ1) is 8.07. The normalized spacial score (nSPS) is 24.3. The van der Waals surface area contributed by atoms with Crippen LogP contribution in [0.3, 0.4) is 0 Å². The molecule has 1 atom stereocenters. The van der Waals surface area contributed by atoms with Gasteiger partial charge in [0, 0.05) is 7.26 Å². The summed E-state index contributed by atoms with van der Waals surface area (Å²) in [6.07, 6.45) is 8.48. The van der Waals surface area contributed by atoms with E-state index in [0.717, 1.165) is 6.42 Å². The van der Waals surface area contributed by atoms with Gasteiger partial charge in [0.1, 0.15) is 0 Å². The Kier molecular flexibility index (Phi) is 3.84. The molecule has 0 aromatic heterocycles. The summed E-state index contributed by atoms with van der Waals surface area (Å²) in [5.41, 5.74) is 4.36. The molecule has 0 bridgehead atoms. The Balaban J connectivity index is 2.14. The lowest BCUT2D eigenvalue weighted by Crippen LogP contribution is -1.96. The fourth-order valence-electron chi connectivity index (χ4n) is 2.23. The predicted octanol–water partition coefficient (Wildman–Crippen LogP) is 5.01. The fraction of sp³-hybridized carbons (Fsp3) is 0.375. The second-order valence-corrected chi connectivity index (χ2v) is 9.38. The van der Waals surface area contributed by atoms with Crippen molar-refractivity contribution in [3.8, 4) is 0 Å². The maximum atomic E-state index is 2.51. The smallest absolute Gasteiger partial charge is 0.0698 e. The molecule has 1 unspecified atom stereocenters. The Labute approximate surface area is 106 Å². The topological polar surface area (TPSA) is 0 Å². The molecule has 1 aromatic rings. The lowest BCUT2D eigenvalue weighted by atomic mass is 10.2. The summed E-state index contributed by atoms with van der Waals surface area (Å²) in [7, 11) is -0.938. The van der Waals surface area contributed by atoms with Gasteiger partial charge in [0.25, 0.3) is 0 Å². The average Bonchev–Trinajstić information content (AvgIpc) is 2.45. The van der Waals surface area contributed by atoms with Crippen molar-refractivity contribution in [2.45, 2.75) is 26.4 Å². The first-order valence-electron chi connectivity index (χ1n) is 6.30. The number of aryl methyl sites for hydroxylation is 1. The number of allylic oxidation sites excluding steroid dienone is 3. The van der Waals surface area contributed by atoms with E-state index in [1.807, 2.05) is 0 Å². The summed E-state index contributed by atoms with van der Waals surface area (Å²) in [6.45, 7) is 6.86. The molecule has 0 amide bonds. The van der Waals surface area contributed by atoms with Gasteiger partial charge in [-0.2, -0.15) is 0 Å². The van der Waals surface area contributed by atoms with E-state index in [1.54, 1.807) is 0 Å². The van der Waals surface area contributed by atoms with Gasteiger partial charge in [-0.3, -0.25) is 0 Å². The van der Waals surface area contributed by atoms with E-state index in [4.69, 9.17) is 0 Å². The summed E-state index contributed by atoms with van der Waals surface area (Å²) < 4.78 is 0. The van der Waals surface area contributed by atoms with E-state index >= 15 is 0 Å². The quantitative estimate of drug-likeness (QED) is 0.507. The van der Waals surface area contributed by atoms with Crippen molar-refractivity contribution in [3.63, 3.8) is 0 Å². The number of hydrogen-bond donors (Lipinski definition) is 0. The molecule has 0 N–H and O–H groups in total. The highest BCUT2D eigenvalue weighted by molar-refractivity contribution is 7.77. The molecular weight excluding hydrogens is 223 g/mol. The van der Waals surface area contributed by atoms with Gasteiger partial charge in [0.05, 0.1) is 24.8 Å². The zero-order chi connectivity index (χ0) is 12.3. The van der Waals surface area contributed by atoms with Crippen LogP contribution in [0.2, 0.25) is 0 Å². The van der Waals surface area contributed by atoms with Crippen molar-refractivity contribution in [1.29, 1.82) is 0 Å². The molecule has 1 aliphatic rings. The maximum Gasteiger partial charge on any atom is 0.0884 e. The number of benzene rings is 1. The second kappa shape index (κ2) is 5.19. The van der Waals surface area contributed by atoms with Crippen LogP contribution in [0.1, 0.15) is 24.5 Å². The van der Waals surface area contributed by atoms with Crippen LogP contribution in [0, 0.1) is 6.92 Å². The van der Waals surface area contributed by atoms with E-state index in [1.165, 1.54) is 29.0 Å². The monoisotopic (exact) mass is 245 g/mol. The minimum Gasteiger partial charge on any atom is -0.0698 e. The molecular formula is C16H22P+. The minimum atomic E-state index is -0.938. The third-order valence-corrected chi connectivity index (χ3v) is 6.46. The van der Waals surface area contributed by atoms with Gasteiger partial charge < -0.3 is 0 Å². The average molecular weight is 245 g/mol. The van der Waals surface area contributed by atoms with Crippen LogP contribution in [0.4, 0.5) is 0 Å². The van der Waals surface area contributed by atoms with Crippen molar-refractivity contribution in [2.75, 3.05) is 12.8 Å². The highest BCUT2D eigenvalue weighted by Gasteiger charge is 2.28. The fourth-order valence-corrected chi connectivity index (χ4v) is 4.97. The third-order valence-electron chi connectivity index (χ3n) is 3.43. The summed E-state index contributed by atoms with van der Waals surface area (Å²) in [5, 5.41) is 0. The molecule has 0 saturated heterocycles. The van der Waals surface area contributed by atoms with Crippen LogP contribution in [0.25, 0.3) is 0 Å². The molecule has 0 fully saturated rings. The SMILES string of the molecule is CC1=CC[P+](C)(Cc2ccc(C)cc2)C=CC1. The van der Waals surface area contributed by atoms with E-state index in [0.29, 0.717) is 0 Å². The van der Waals surface area contributed by atoms with Crippen molar-refractivity contribution < 1.29 is 0 Å². The first-order valence-corrected chi connectivity index (χ1v) is 8.98. The van der Waals surface area contributed by atoms with Crippen molar-refractivity contribution in [1.82, 2.24) is 0 Å². The van der Waals surface area contributed by atoms with Crippen LogP contribution >= 0.6 is 7.26 Å². The van der Waals surface area contributed by atoms with Gasteiger partial charge in [0.15, 0.2) is 0 Å². The Morgan fingerprint density at radius 1 is 1.12 bits per heavy atom. The summed E-state index contributed by atoms with van der Waals surface area (Å²) in [4.78, 5) is 0. The Morgan fingerprint density at radius 2 is 1.82 bits per heavy atom. The molecule has 0 saturated carbocycles. The van der Waals surface area contributed by atoms with Gasteiger partial charge >= 0.3 is 0 Å². The van der Waals surface area contributed by atoms with Crippen LogP contribution in [0.5, 0.6) is 0 Å². The standard InChI is InChI=1S/C16H22P/c1-14-5-4-11-17(3,12-10-14)13-16-8-6-15(2)7-9-16/h4,6-11H,5,12-13H2,1-3H3/q+1. The highest BCUT2D eigenvalue weighted by atomic mass is 31.2. The van der Waals surface area contributed by atoms with Gasteiger partial charge in [-0.1, -0.05) is 35.4 Å².